The van der Waals surface area contributed by atoms with Crippen molar-refractivity contribution in [2.75, 3.05) is 37.4 Å². The van der Waals surface area contributed by atoms with Gasteiger partial charge in [-0.1, -0.05) is 73.9 Å². The Kier molecular flexibility index (Phi) is 10.5. The molecule has 2 heterocycles. The van der Waals surface area contributed by atoms with Gasteiger partial charge in [0.15, 0.2) is 0 Å². The summed E-state index contributed by atoms with van der Waals surface area (Å²) in [5, 5.41) is 21.5. The first-order valence-corrected chi connectivity index (χ1v) is 18.7. The Morgan fingerprint density at radius 2 is 1.55 bits per heavy atom. The van der Waals surface area contributed by atoms with Gasteiger partial charge in [0.25, 0.3) is 0 Å². The average molecular weight is 659 g/mol. The number of rotatable bonds is 12. The first kappa shape index (κ1) is 33.6. The second-order valence-corrected chi connectivity index (χ2v) is 15.0. The maximum atomic E-state index is 11.6. The van der Waals surface area contributed by atoms with Gasteiger partial charge in [0, 0.05) is 62.1 Å². The maximum Gasteiger partial charge on any atom is 0.225 e. The zero-order valence-corrected chi connectivity index (χ0v) is 29.6. The molecule has 2 fully saturated rings. The summed E-state index contributed by atoms with van der Waals surface area (Å²) in [4.78, 5) is 11.8. The van der Waals surface area contributed by atoms with Crippen molar-refractivity contribution in [3.63, 3.8) is 0 Å². The number of aromatic nitrogens is 3. The predicted molar refractivity (Wildman–Crippen MR) is 204 cm³/mol. The van der Waals surface area contributed by atoms with Gasteiger partial charge in [0.05, 0.1) is 11.6 Å². The van der Waals surface area contributed by atoms with Gasteiger partial charge < -0.3 is 25.2 Å². The molecular weight excluding hydrogens is 605 g/mol. The van der Waals surface area contributed by atoms with E-state index in [1.54, 1.807) is 0 Å². The molecule has 2 saturated carbocycles. The normalized spacial score (nSPS) is 20.0. The van der Waals surface area contributed by atoms with Gasteiger partial charge in [-0.3, -0.25) is 0 Å². The lowest BCUT2D eigenvalue weighted by molar-refractivity contribution is 0.156. The van der Waals surface area contributed by atoms with Gasteiger partial charge in [-0.05, 0) is 98.2 Å². The third-order valence-corrected chi connectivity index (χ3v) is 11.3. The molecule has 3 N–H and O–H groups in total. The fourth-order valence-electron chi connectivity index (χ4n) is 8.47. The van der Waals surface area contributed by atoms with Crippen LogP contribution in [0.1, 0.15) is 98.8 Å². The quantitative estimate of drug-likeness (QED) is 0.125. The van der Waals surface area contributed by atoms with Crippen LogP contribution in [0.3, 0.4) is 0 Å². The average Bonchev–Trinajstić information content (AvgIpc) is 3.48. The summed E-state index contributed by atoms with van der Waals surface area (Å²) in [5.41, 5.74) is 6.01. The molecule has 0 spiro atoms. The molecule has 7 heteroatoms. The Labute approximate surface area is 292 Å². The van der Waals surface area contributed by atoms with E-state index >= 15 is 0 Å². The highest BCUT2D eigenvalue weighted by Gasteiger charge is 2.25. The van der Waals surface area contributed by atoms with Crippen LogP contribution in [0, 0.1) is 5.92 Å². The van der Waals surface area contributed by atoms with E-state index in [9.17, 15) is 5.11 Å². The molecule has 0 bridgehead atoms. The summed E-state index contributed by atoms with van der Waals surface area (Å²) in [5.74, 6) is 3.20. The molecule has 0 saturated heterocycles. The van der Waals surface area contributed by atoms with E-state index in [1.165, 1.54) is 67.0 Å². The molecule has 0 amide bonds. The Hall–Kier alpha value is -3.94. The molecule has 7 nitrogen and oxygen atoms in total. The molecular formula is C42H54N6O. The third-order valence-electron chi connectivity index (χ3n) is 11.3. The molecule has 258 valence electrons. The smallest absolute Gasteiger partial charge is 0.225 e. The van der Waals surface area contributed by atoms with Crippen LogP contribution in [0.5, 0.6) is 0 Å². The third kappa shape index (κ3) is 7.79. The highest BCUT2D eigenvalue weighted by Crippen LogP contribution is 2.36. The van der Waals surface area contributed by atoms with Crippen LogP contribution in [0.25, 0.3) is 21.8 Å². The highest BCUT2D eigenvalue weighted by atomic mass is 16.3. The van der Waals surface area contributed by atoms with Crippen molar-refractivity contribution in [1.82, 2.24) is 19.9 Å². The van der Waals surface area contributed by atoms with E-state index in [4.69, 9.17) is 9.97 Å². The summed E-state index contributed by atoms with van der Waals surface area (Å²) >= 11 is 0. The number of fused-ring (bicyclic) bond motifs is 2. The van der Waals surface area contributed by atoms with Crippen LogP contribution in [0.4, 0.5) is 11.8 Å². The molecule has 2 atom stereocenters. The van der Waals surface area contributed by atoms with Crippen molar-refractivity contribution in [2.24, 2.45) is 13.0 Å². The Morgan fingerprint density at radius 3 is 2.31 bits per heavy atom. The number of benzene rings is 3. The highest BCUT2D eigenvalue weighted by molar-refractivity contribution is 5.90. The molecule has 0 radical (unpaired) electrons. The van der Waals surface area contributed by atoms with Crippen LogP contribution in [-0.4, -0.2) is 52.9 Å². The van der Waals surface area contributed by atoms with E-state index in [0.29, 0.717) is 24.3 Å². The molecule has 2 aliphatic rings. The fraction of sp³-hybridized carbons (Fsp3) is 0.476. The number of nitrogens with one attached hydrogen (secondary N) is 2. The number of hydrogen-bond acceptors (Lipinski definition) is 6. The number of anilines is 2. The Bertz CT molecular complexity index is 1820. The lowest BCUT2D eigenvalue weighted by atomic mass is 9.83. The van der Waals surface area contributed by atoms with E-state index in [1.807, 2.05) is 26.2 Å². The van der Waals surface area contributed by atoms with Crippen molar-refractivity contribution in [3.8, 4) is 0 Å². The van der Waals surface area contributed by atoms with Crippen LogP contribution < -0.4 is 15.5 Å². The molecule has 2 aliphatic carbocycles. The van der Waals surface area contributed by atoms with Crippen LogP contribution >= 0.6 is 0 Å². The molecule has 3 aromatic carbocycles. The molecule has 2 unspecified atom stereocenters. The lowest BCUT2D eigenvalue weighted by Gasteiger charge is -2.30. The second kappa shape index (κ2) is 15.3. The zero-order chi connectivity index (χ0) is 33.7. The predicted octanol–water partition coefficient (Wildman–Crippen LogP) is 8.70. The minimum atomic E-state index is -0.502. The van der Waals surface area contributed by atoms with E-state index in [0.717, 1.165) is 54.2 Å². The minimum Gasteiger partial charge on any atom is -0.388 e. The van der Waals surface area contributed by atoms with Gasteiger partial charge in [0.2, 0.25) is 5.95 Å². The summed E-state index contributed by atoms with van der Waals surface area (Å²) in [7, 11) is 6.21. The number of para-hydroxylation sites is 2. The van der Waals surface area contributed by atoms with Crippen molar-refractivity contribution in [1.29, 1.82) is 0 Å². The number of aliphatic hydroxyl groups excluding tert-OH is 1. The van der Waals surface area contributed by atoms with E-state index < -0.39 is 6.10 Å². The van der Waals surface area contributed by atoms with Gasteiger partial charge in [-0.2, -0.15) is 4.98 Å². The van der Waals surface area contributed by atoms with Gasteiger partial charge >= 0.3 is 0 Å². The van der Waals surface area contributed by atoms with E-state index in [2.05, 4.69) is 94.0 Å². The molecule has 5 aromatic rings. The second-order valence-electron chi connectivity index (χ2n) is 15.0. The van der Waals surface area contributed by atoms with Gasteiger partial charge in [0.1, 0.15) is 5.82 Å². The van der Waals surface area contributed by atoms with Crippen LogP contribution in [0.2, 0.25) is 0 Å². The van der Waals surface area contributed by atoms with Crippen molar-refractivity contribution in [3.05, 3.63) is 95.7 Å². The first-order valence-electron chi connectivity index (χ1n) is 18.7. The summed E-state index contributed by atoms with van der Waals surface area (Å²) < 4.78 is 2.23. The number of aryl methyl sites for hydroxylation is 1. The monoisotopic (exact) mass is 658 g/mol. The molecule has 0 aliphatic heterocycles. The molecule has 49 heavy (non-hydrogen) atoms. The van der Waals surface area contributed by atoms with Crippen molar-refractivity contribution in [2.45, 2.75) is 88.2 Å². The van der Waals surface area contributed by atoms with Gasteiger partial charge in [-0.15, -0.1) is 0 Å². The Balaban J connectivity index is 0.975. The maximum absolute atomic E-state index is 11.6. The minimum absolute atomic E-state index is 0.202. The van der Waals surface area contributed by atoms with Gasteiger partial charge in [-0.25, -0.2) is 4.98 Å². The summed E-state index contributed by atoms with van der Waals surface area (Å²) in [6, 6.07) is 26.2. The first-order chi connectivity index (χ1) is 23.9. The molecule has 2 aromatic heterocycles. The van der Waals surface area contributed by atoms with E-state index in [-0.39, 0.29) is 5.92 Å². The standard InChI is InChI=1S/C42H54N6O/c1-47(2)41-36-14-7-9-15-38(36)45-42(46-41)44-34-23-17-29(18-24-34)26-43-27-33(37-28-48(3)39-16-10-8-13-35(37)39)25-40(49)32-21-19-31(20-22-32)30-11-5-4-6-12-30/h7-10,13-16,19-22,28-30,33-34,40,43,49H,4-6,11-12,17-18,23-27H2,1-3H3,(H,44,45,46). The summed E-state index contributed by atoms with van der Waals surface area (Å²) in [6.45, 7) is 1.85. The number of nitrogens with zero attached hydrogens (tertiary/aromatic N) is 4. The lowest BCUT2D eigenvalue weighted by Crippen LogP contribution is -2.33. The number of aliphatic hydroxyl groups is 1. The molecule has 7 rings (SSSR count). The Morgan fingerprint density at radius 1 is 0.837 bits per heavy atom. The topological polar surface area (TPSA) is 78.2 Å². The SMILES string of the molecule is CN(C)c1nc(NC2CCC(CNCC(CC(O)c3ccc(C4CCCCC4)cc3)c3cn(C)c4ccccc34)CC2)nc2ccccc12. The van der Waals surface area contributed by atoms with Crippen LogP contribution in [0.15, 0.2) is 79.0 Å². The summed E-state index contributed by atoms with van der Waals surface area (Å²) in [6.07, 6.45) is 13.7. The largest absolute Gasteiger partial charge is 0.388 e. The van der Waals surface area contributed by atoms with Crippen molar-refractivity contribution < 1.29 is 5.11 Å². The van der Waals surface area contributed by atoms with Crippen molar-refractivity contribution >= 4 is 33.6 Å². The number of hydrogen-bond donors (Lipinski definition) is 3. The fourth-order valence-corrected chi connectivity index (χ4v) is 8.47. The van der Waals surface area contributed by atoms with Crippen LogP contribution in [-0.2, 0) is 7.05 Å². The zero-order valence-electron chi connectivity index (χ0n) is 29.6.